The van der Waals surface area contributed by atoms with Crippen LogP contribution in [0.2, 0.25) is 0 Å². The Hall–Kier alpha value is -0.640. The topological polar surface area (TPSA) is 46.2 Å². The summed E-state index contributed by atoms with van der Waals surface area (Å²) >= 11 is 3.26. The van der Waals surface area contributed by atoms with Gasteiger partial charge in [-0.1, -0.05) is 29.8 Å². The molecule has 1 atom stereocenters. The largest absolute Gasteiger partial charge is 0.331 e. The highest BCUT2D eigenvalue weighted by molar-refractivity contribution is 9.09. The number of carbonyl (C=O) groups is 2. The molecule has 1 rings (SSSR count). The Balaban J connectivity index is 2.88. The minimum atomic E-state index is -0.887. The van der Waals surface area contributed by atoms with Gasteiger partial charge in [-0.25, -0.2) is 0 Å². The molecule has 4 heteroatoms. The van der Waals surface area contributed by atoms with Gasteiger partial charge in [0.25, 0.3) is 0 Å². The van der Waals surface area contributed by atoms with E-state index in [-0.39, 0.29) is 11.7 Å². The van der Waals surface area contributed by atoms with Crippen LogP contribution in [0.3, 0.4) is 0 Å². The van der Waals surface area contributed by atoms with Crippen LogP contribution >= 0.6 is 15.9 Å². The molecule has 0 aromatic carbocycles. The van der Waals surface area contributed by atoms with E-state index in [1.807, 2.05) is 0 Å². The first-order valence-corrected chi connectivity index (χ1v) is 6.64. The van der Waals surface area contributed by atoms with E-state index in [0.29, 0.717) is 23.2 Å². The molecule has 90 valence electrons. The fourth-order valence-electron chi connectivity index (χ4n) is 1.74. The van der Waals surface area contributed by atoms with Gasteiger partial charge in [0.05, 0.1) is 0 Å². The molecule has 16 heavy (non-hydrogen) atoms. The molecule has 0 aliphatic carbocycles. The van der Waals surface area contributed by atoms with E-state index < -0.39 is 5.41 Å². The van der Waals surface area contributed by atoms with Crippen molar-refractivity contribution < 1.29 is 9.59 Å². The third-order valence-electron chi connectivity index (χ3n) is 3.04. The van der Waals surface area contributed by atoms with Gasteiger partial charge in [-0.15, -0.1) is 0 Å². The van der Waals surface area contributed by atoms with Gasteiger partial charge in [0.1, 0.15) is 5.41 Å². The van der Waals surface area contributed by atoms with Crippen molar-refractivity contribution in [1.29, 1.82) is 0 Å². The Labute approximate surface area is 105 Å². The summed E-state index contributed by atoms with van der Waals surface area (Å²) in [5.41, 5.74) is -0.242. The highest BCUT2D eigenvalue weighted by atomic mass is 79.9. The standard InChI is InChI=1S/C12H18BrNO2/c1-8(2)4-5-12(3)10(15)9(6-13)7-14-11(12)16/h7-8H,4-6H2,1-3H3,(H,14,16). The van der Waals surface area contributed by atoms with Gasteiger partial charge in [-0.2, -0.15) is 0 Å². The maximum absolute atomic E-state index is 12.1. The number of Topliss-reactive ketones (excluding diaryl/α,β-unsaturated/α-hetero) is 1. The number of hydrogen-bond donors (Lipinski definition) is 1. The molecular weight excluding hydrogens is 270 g/mol. The smallest absolute Gasteiger partial charge is 0.237 e. The van der Waals surface area contributed by atoms with Crippen LogP contribution in [0.15, 0.2) is 11.8 Å². The molecule has 0 fully saturated rings. The lowest BCUT2D eigenvalue weighted by Gasteiger charge is -2.31. The molecule has 1 unspecified atom stereocenters. The summed E-state index contributed by atoms with van der Waals surface area (Å²) in [5, 5.41) is 3.17. The Morgan fingerprint density at radius 2 is 2.06 bits per heavy atom. The number of halogens is 1. The second kappa shape index (κ2) is 5.13. The summed E-state index contributed by atoms with van der Waals surface area (Å²) in [6.45, 7) is 5.92. The first kappa shape index (κ1) is 13.4. The van der Waals surface area contributed by atoms with E-state index in [1.165, 1.54) is 6.20 Å². The molecule has 1 aliphatic rings. The van der Waals surface area contributed by atoms with Crippen molar-refractivity contribution in [3.8, 4) is 0 Å². The fourth-order valence-corrected chi connectivity index (χ4v) is 2.16. The molecule has 1 heterocycles. The maximum atomic E-state index is 12.1. The summed E-state index contributed by atoms with van der Waals surface area (Å²) in [7, 11) is 0. The minimum Gasteiger partial charge on any atom is -0.331 e. The first-order valence-electron chi connectivity index (χ1n) is 5.52. The molecule has 0 spiro atoms. The maximum Gasteiger partial charge on any atom is 0.237 e. The van der Waals surface area contributed by atoms with Crippen molar-refractivity contribution >= 4 is 27.6 Å². The summed E-state index contributed by atoms with van der Waals surface area (Å²) in [6.07, 6.45) is 3.00. The average molecular weight is 288 g/mol. The fraction of sp³-hybridized carbons (Fsp3) is 0.667. The molecular formula is C12H18BrNO2. The van der Waals surface area contributed by atoms with Crippen molar-refractivity contribution in [3.05, 3.63) is 11.8 Å². The van der Waals surface area contributed by atoms with Crippen LogP contribution in [0.25, 0.3) is 0 Å². The molecule has 0 saturated heterocycles. The number of amides is 1. The van der Waals surface area contributed by atoms with Crippen molar-refractivity contribution in [2.75, 3.05) is 5.33 Å². The SMILES string of the molecule is CC(C)CCC1(C)C(=O)NC=C(CBr)C1=O. The van der Waals surface area contributed by atoms with Gasteiger partial charge in [-0.3, -0.25) is 9.59 Å². The highest BCUT2D eigenvalue weighted by Gasteiger charge is 2.43. The van der Waals surface area contributed by atoms with E-state index in [4.69, 9.17) is 0 Å². The van der Waals surface area contributed by atoms with Crippen molar-refractivity contribution in [2.24, 2.45) is 11.3 Å². The first-order chi connectivity index (χ1) is 7.41. The van der Waals surface area contributed by atoms with E-state index in [2.05, 4.69) is 35.1 Å². The number of ketones is 1. The second-order valence-electron chi connectivity index (χ2n) is 4.87. The Bertz CT molecular complexity index is 336. The Morgan fingerprint density at radius 1 is 1.44 bits per heavy atom. The Morgan fingerprint density at radius 3 is 2.56 bits per heavy atom. The van der Waals surface area contributed by atoms with Gasteiger partial charge in [-0.05, 0) is 25.7 Å². The molecule has 1 aliphatic heterocycles. The van der Waals surface area contributed by atoms with E-state index in [1.54, 1.807) is 6.92 Å². The number of alkyl halides is 1. The van der Waals surface area contributed by atoms with E-state index >= 15 is 0 Å². The summed E-state index contributed by atoms with van der Waals surface area (Å²) in [4.78, 5) is 24.0. The predicted octanol–water partition coefficient (Wildman–Crippen LogP) is 2.41. The number of nitrogens with one attached hydrogen (secondary N) is 1. The number of hydrogen-bond acceptors (Lipinski definition) is 2. The van der Waals surface area contributed by atoms with Crippen LogP contribution in [0.5, 0.6) is 0 Å². The van der Waals surface area contributed by atoms with Crippen LogP contribution in [0.4, 0.5) is 0 Å². The van der Waals surface area contributed by atoms with Gasteiger partial charge in [0.2, 0.25) is 5.91 Å². The van der Waals surface area contributed by atoms with Crippen LogP contribution < -0.4 is 5.32 Å². The molecule has 0 aromatic heterocycles. The quantitative estimate of drug-likeness (QED) is 0.638. The molecule has 3 nitrogen and oxygen atoms in total. The predicted molar refractivity (Wildman–Crippen MR) is 67.2 cm³/mol. The average Bonchev–Trinajstić information content (AvgIpc) is 2.24. The number of allylic oxidation sites excluding steroid dienone is 1. The van der Waals surface area contributed by atoms with Crippen molar-refractivity contribution in [2.45, 2.75) is 33.6 Å². The molecule has 0 saturated carbocycles. The third-order valence-corrected chi connectivity index (χ3v) is 3.64. The Kier molecular flexibility index (Phi) is 4.30. The van der Waals surface area contributed by atoms with Gasteiger partial charge in [0, 0.05) is 17.1 Å². The van der Waals surface area contributed by atoms with Crippen LogP contribution in [-0.2, 0) is 9.59 Å². The second-order valence-corrected chi connectivity index (χ2v) is 5.43. The van der Waals surface area contributed by atoms with Crippen LogP contribution in [0, 0.1) is 11.3 Å². The lowest BCUT2D eigenvalue weighted by molar-refractivity contribution is -0.140. The lowest BCUT2D eigenvalue weighted by atomic mass is 9.75. The summed E-state index contributed by atoms with van der Waals surface area (Å²) in [5.74, 6) is 0.271. The lowest BCUT2D eigenvalue weighted by Crippen LogP contribution is -2.47. The van der Waals surface area contributed by atoms with Gasteiger partial charge in [0.15, 0.2) is 5.78 Å². The summed E-state index contributed by atoms with van der Waals surface area (Å²) < 4.78 is 0. The number of carbonyl (C=O) groups excluding carboxylic acids is 2. The van der Waals surface area contributed by atoms with E-state index in [0.717, 1.165) is 6.42 Å². The van der Waals surface area contributed by atoms with Crippen LogP contribution in [-0.4, -0.2) is 17.0 Å². The van der Waals surface area contributed by atoms with Crippen molar-refractivity contribution in [1.82, 2.24) is 5.32 Å². The zero-order chi connectivity index (χ0) is 12.3. The normalized spacial score (nSPS) is 25.7. The van der Waals surface area contributed by atoms with E-state index in [9.17, 15) is 9.59 Å². The molecule has 1 N–H and O–H groups in total. The molecule has 1 amide bonds. The van der Waals surface area contributed by atoms with Gasteiger partial charge >= 0.3 is 0 Å². The van der Waals surface area contributed by atoms with Crippen LogP contribution in [0.1, 0.15) is 33.6 Å². The molecule has 0 aromatic rings. The third kappa shape index (κ3) is 2.54. The highest BCUT2D eigenvalue weighted by Crippen LogP contribution is 2.32. The minimum absolute atomic E-state index is 0.0474. The number of rotatable bonds is 4. The monoisotopic (exact) mass is 287 g/mol. The molecule has 0 bridgehead atoms. The molecule has 0 radical (unpaired) electrons. The van der Waals surface area contributed by atoms with Gasteiger partial charge < -0.3 is 5.32 Å². The zero-order valence-electron chi connectivity index (χ0n) is 9.97. The summed E-state index contributed by atoms with van der Waals surface area (Å²) in [6, 6.07) is 0. The van der Waals surface area contributed by atoms with Crippen molar-refractivity contribution in [3.63, 3.8) is 0 Å². The zero-order valence-corrected chi connectivity index (χ0v) is 11.6.